The van der Waals surface area contributed by atoms with Crippen molar-refractivity contribution in [1.29, 1.82) is 0 Å². The molecule has 0 aliphatic carbocycles. The van der Waals surface area contributed by atoms with Crippen LogP contribution in [0.4, 0.5) is 4.79 Å². The second kappa shape index (κ2) is 5.16. The number of rotatable bonds is 2. The average molecular weight is 260 g/mol. The summed E-state index contributed by atoms with van der Waals surface area (Å²) in [6, 6.07) is -0.540. The van der Waals surface area contributed by atoms with E-state index >= 15 is 0 Å². The molecule has 1 aliphatic rings. The lowest BCUT2D eigenvalue weighted by molar-refractivity contribution is -0.122. The van der Waals surface area contributed by atoms with E-state index in [9.17, 15) is 9.59 Å². The molecule has 98 valence electrons. The standard InChI is InChI=1S/C11H20N2O3S/c1-11(2,3)16-10(15)13-6-7(17-4)5-8(13)9(12)14/h7-8H,5-6H2,1-4H3,(H2,12,14)/t7?,8-/m0/s1. The Balaban J connectivity index is 2.73. The van der Waals surface area contributed by atoms with Gasteiger partial charge < -0.3 is 10.5 Å². The second-order valence-corrected chi connectivity index (χ2v) is 6.28. The van der Waals surface area contributed by atoms with Crippen LogP contribution in [-0.2, 0) is 9.53 Å². The number of primary amides is 1. The molecule has 1 rings (SSSR count). The molecule has 2 amide bonds. The third kappa shape index (κ3) is 3.80. The fourth-order valence-corrected chi connectivity index (χ4v) is 2.44. The predicted molar refractivity (Wildman–Crippen MR) is 67.8 cm³/mol. The van der Waals surface area contributed by atoms with Gasteiger partial charge in [-0.25, -0.2) is 4.79 Å². The molecule has 1 unspecified atom stereocenters. The third-order valence-corrected chi connectivity index (χ3v) is 3.56. The lowest BCUT2D eigenvalue weighted by Crippen LogP contribution is -2.45. The molecule has 1 heterocycles. The molecule has 0 aromatic rings. The number of likely N-dealkylation sites (tertiary alicyclic amines) is 1. The average Bonchev–Trinajstić information content (AvgIpc) is 2.58. The fraction of sp³-hybridized carbons (Fsp3) is 0.818. The molecule has 5 nitrogen and oxygen atoms in total. The summed E-state index contributed by atoms with van der Waals surface area (Å²) in [5, 5.41) is 0.250. The van der Waals surface area contributed by atoms with Gasteiger partial charge in [-0.2, -0.15) is 11.8 Å². The number of carbonyl (C=O) groups is 2. The minimum Gasteiger partial charge on any atom is -0.444 e. The first-order chi connectivity index (χ1) is 7.74. The van der Waals surface area contributed by atoms with Gasteiger partial charge in [-0.3, -0.25) is 9.69 Å². The van der Waals surface area contributed by atoms with Crippen molar-refractivity contribution < 1.29 is 14.3 Å². The Bertz CT molecular complexity index is 314. The van der Waals surface area contributed by atoms with Crippen LogP contribution in [0.5, 0.6) is 0 Å². The van der Waals surface area contributed by atoms with Gasteiger partial charge >= 0.3 is 6.09 Å². The first-order valence-corrected chi connectivity index (χ1v) is 6.85. The van der Waals surface area contributed by atoms with Crippen LogP contribution in [-0.4, -0.2) is 46.6 Å². The number of ether oxygens (including phenoxy) is 1. The highest BCUT2D eigenvalue weighted by molar-refractivity contribution is 7.99. The van der Waals surface area contributed by atoms with Gasteiger partial charge in [0.15, 0.2) is 0 Å². The zero-order valence-corrected chi connectivity index (χ0v) is 11.5. The van der Waals surface area contributed by atoms with Gasteiger partial charge in [0.05, 0.1) is 0 Å². The van der Waals surface area contributed by atoms with Crippen LogP contribution in [0.25, 0.3) is 0 Å². The normalized spacial score (nSPS) is 24.8. The summed E-state index contributed by atoms with van der Waals surface area (Å²) in [4.78, 5) is 24.7. The molecule has 6 heteroatoms. The second-order valence-electron chi connectivity index (χ2n) is 5.14. The number of carbonyl (C=O) groups excluding carboxylic acids is 2. The smallest absolute Gasteiger partial charge is 0.411 e. The Morgan fingerprint density at radius 3 is 2.41 bits per heavy atom. The maximum absolute atomic E-state index is 11.9. The van der Waals surface area contributed by atoms with Crippen LogP contribution < -0.4 is 5.73 Å². The maximum atomic E-state index is 11.9. The van der Waals surface area contributed by atoms with Gasteiger partial charge in [0.2, 0.25) is 5.91 Å². The molecule has 17 heavy (non-hydrogen) atoms. The van der Waals surface area contributed by atoms with Crippen LogP contribution in [0.1, 0.15) is 27.2 Å². The third-order valence-electron chi connectivity index (χ3n) is 2.55. The highest BCUT2D eigenvalue weighted by Crippen LogP contribution is 2.27. The van der Waals surface area contributed by atoms with Gasteiger partial charge in [-0.15, -0.1) is 0 Å². The summed E-state index contributed by atoms with van der Waals surface area (Å²) in [6.45, 7) is 5.91. The lowest BCUT2D eigenvalue weighted by Gasteiger charge is -2.27. The predicted octanol–water partition coefficient (Wildman–Crippen LogP) is 1.21. The van der Waals surface area contributed by atoms with Crippen molar-refractivity contribution in [2.24, 2.45) is 5.73 Å². The fourth-order valence-electron chi connectivity index (χ4n) is 1.76. The van der Waals surface area contributed by atoms with E-state index in [1.54, 1.807) is 32.5 Å². The number of amides is 2. The van der Waals surface area contributed by atoms with Crippen molar-refractivity contribution in [2.75, 3.05) is 12.8 Å². The molecule has 2 atom stereocenters. The molecule has 0 aromatic carbocycles. The summed E-state index contributed by atoms with van der Waals surface area (Å²) in [5.74, 6) is -0.465. The first kappa shape index (κ1) is 14.2. The molecule has 1 saturated heterocycles. The molecule has 1 fully saturated rings. The van der Waals surface area contributed by atoms with Crippen molar-refractivity contribution >= 4 is 23.8 Å². The molecule has 1 aliphatic heterocycles. The first-order valence-electron chi connectivity index (χ1n) is 5.56. The van der Waals surface area contributed by atoms with E-state index in [1.807, 2.05) is 6.26 Å². The Morgan fingerprint density at radius 2 is 2.00 bits per heavy atom. The zero-order valence-electron chi connectivity index (χ0n) is 10.7. The Kier molecular flexibility index (Phi) is 4.30. The van der Waals surface area contributed by atoms with Crippen LogP contribution in [0.3, 0.4) is 0 Å². The maximum Gasteiger partial charge on any atom is 0.411 e. The summed E-state index contributed by atoms with van der Waals surface area (Å²) >= 11 is 1.64. The van der Waals surface area contributed by atoms with Crippen molar-refractivity contribution in [3.8, 4) is 0 Å². The van der Waals surface area contributed by atoms with Crippen LogP contribution >= 0.6 is 11.8 Å². The highest BCUT2D eigenvalue weighted by Gasteiger charge is 2.40. The van der Waals surface area contributed by atoms with Gasteiger partial charge in [0.1, 0.15) is 11.6 Å². The lowest BCUT2D eigenvalue weighted by atomic mass is 10.2. The van der Waals surface area contributed by atoms with Crippen molar-refractivity contribution in [2.45, 2.75) is 44.1 Å². The van der Waals surface area contributed by atoms with E-state index in [-0.39, 0.29) is 5.25 Å². The van der Waals surface area contributed by atoms with E-state index < -0.39 is 23.6 Å². The van der Waals surface area contributed by atoms with E-state index in [2.05, 4.69) is 0 Å². The topological polar surface area (TPSA) is 72.6 Å². The molecule has 0 bridgehead atoms. The summed E-state index contributed by atoms with van der Waals surface area (Å²) in [6.07, 6.45) is 2.11. The van der Waals surface area contributed by atoms with Crippen molar-refractivity contribution in [3.63, 3.8) is 0 Å². The molecule has 0 spiro atoms. The van der Waals surface area contributed by atoms with Crippen LogP contribution in [0.15, 0.2) is 0 Å². The largest absolute Gasteiger partial charge is 0.444 e. The van der Waals surface area contributed by atoms with Gasteiger partial charge in [0, 0.05) is 11.8 Å². The SMILES string of the molecule is CSC1C[C@@H](C(N)=O)N(C(=O)OC(C)(C)C)C1. The number of nitrogens with zero attached hydrogens (tertiary/aromatic N) is 1. The summed E-state index contributed by atoms with van der Waals surface area (Å²) < 4.78 is 5.26. The number of hydrogen-bond acceptors (Lipinski definition) is 4. The monoisotopic (exact) mass is 260 g/mol. The molecular weight excluding hydrogens is 240 g/mol. The minimum atomic E-state index is -0.559. The van der Waals surface area contributed by atoms with Crippen molar-refractivity contribution in [1.82, 2.24) is 4.90 Å². The van der Waals surface area contributed by atoms with Gasteiger partial charge in [-0.05, 0) is 33.4 Å². The van der Waals surface area contributed by atoms with Crippen LogP contribution in [0.2, 0.25) is 0 Å². The Hall–Kier alpha value is -0.910. The molecule has 0 aromatic heterocycles. The Labute approximate surface area is 106 Å². The van der Waals surface area contributed by atoms with Gasteiger partial charge in [-0.1, -0.05) is 0 Å². The Morgan fingerprint density at radius 1 is 1.41 bits per heavy atom. The number of hydrogen-bond donors (Lipinski definition) is 1. The summed E-state index contributed by atoms with van der Waals surface area (Å²) in [7, 11) is 0. The summed E-state index contributed by atoms with van der Waals surface area (Å²) in [5.41, 5.74) is 4.75. The van der Waals surface area contributed by atoms with Crippen LogP contribution in [0, 0.1) is 0 Å². The molecule has 0 saturated carbocycles. The van der Waals surface area contributed by atoms with E-state index in [1.165, 1.54) is 4.90 Å². The molecular formula is C11H20N2O3S. The quantitative estimate of drug-likeness (QED) is 0.810. The zero-order chi connectivity index (χ0) is 13.2. The minimum absolute atomic E-state index is 0.250. The molecule has 2 N–H and O–H groups in total. The van der Waals surface area contributed by atoms with E-state index in [0.717, 1.165) is 0 Å². The molecule has 0 radical (unpaired) electrons. The van der Waals surface area contributed by atoms with E-state index in [4.69, 9.17) is 10.5 Å². The number of nitrogens with two attached hydrogens (primary N) is 1. The number of thioether (sulfide) groups is 1. The van der Waals surface area contributed by atoms with Crippen molar-refractivity contribution in [3.05, 3.63) is 0 Å². The van der Waals surface area contributed by atoms with E-state index in [0.29, 0.717) is 13.0 Å². The van der Waals surface area contributed by atoms with Gasteiger partial charge in [0.25, 0.3) is 0 Å². The highest BCUT2D eigenvalue weighted by atomic mass is 32.2.